The Morgan fingerprint density at radius 3 is 2.52 bits per heavy atom. The summed E-state index contributed by atoms with van der Waals surface area (Å²) in [4.78, 5) is 21.3. The molecule has 0 aliphatic heterocycles. The first-order chi connectivity index (χ1) is 16.2. The number of amides is 1. The number of nitrogens with zero attached hydrogens (tertiary/aromatic N) is 5. The van der Waals surface area contributed by atoms with Gasteiger partial charge in [0, 0.05) is 29.7 Å². The molecule has 0 unspecified atom stereocenters. The van der Waals surface area contributed by atoms with Gasteiger partial charge in [0.15, 0.2) is 0 Å². The SMILES string of the molecule is Cc1ccccc1-c1nn(-c2ccccc2)cc1C(=O)NNc1nc(-c2ccncc2)no1. The van der Waals surface area contributed by atoms with Crippen LogP contribution in [-0.2, 0) is 0 Å². The van der Waals surface area contributed by atoms with Gasteiger partial charge in [-0.2, -0.15) is 10.1 Å². The Morgan fingerprint density at radius 1 is 0.970 bits per heavy atom. The zero-order valence-corrected chi connectivity index (χ0v) is 17.6. The number of carbonyl (C=O) groups excluding carboxylic acids is 1. The fourth-order valence-electron chi connectivity index (χ4n) is 3.36. The summed E-state index contributed by atoms with van der Waals surface area (Å²) < 4.78 is 6.87. The van der Waals surface area contributed by atoms with Crippen molar-refractivity contribution in [2.45, 2.75) is 6.92 Å². The molecule has 0 aliphatic rings. The van der Waals surface area contributed by atoms with E-state index in [4.69, 9.17) is 9.62 Å². The van der Waals surface area contributed by atoms with Crippen LogP contribution in [0.3, 0.4) is 0 Å². The number of pyridine rings is 1. The molecule has 0 bridgehead atoms. The van der Waals surface area contributed by atoms with Crippen molar-refractivity contribution in [3.8, 4) is 28.3 Å². The Hall–Kier alpha value is -4.79. The van der Waals surface area contributed by atoms with Crippen LogP contribution in [-0.4, -0.2) is 30.8 Å². The Balaban J connectivity index is 1.42. The number of benzene rings is 2. The number of anilines is 1. The smallest absolute Gasteiger partial charge is 0.313 e. The third-order valence-electron chi connectivity index (χ3n) is 5.03. The summed E-state index contributed by atoms with van der Waals surface area (Å²) >= 11 is 0. The van der Waals surface area contributed by atoms with E-state index in [1.807, 2.05) is 61.5 Å². The van der Waals surface area contributed by atoms with Crippen molar-refractivity contribution in [3.05, 3.63) is 96.4 Å². The van der Waals surface area contributed by atoms with E-state index in [1.54, 1.807) is 35.4 Å². The lowest BCUT2D eigenvalue weighted by Gasteiger charge is -2.06. The van der Waals surface area contributed by atoms with Gasteiger partial charge in [0.1, 0.15) is 5.69 Å². The third-order valence-corrected chi connectivity index (χ3v) is 5.03. The Labute approximate surface area is 189 Å². The highest BCUT2D eigenvalue weighted by Crippen LogP contribution is 2.26. The average molecular weight is 437 g/mol. The molecule has 0 radical (unpaired) electrons. The van der Waals surface area contributed by atoms with E-state index < -0.39 is 0 Å². The summed E-state index contributed by atoms with van der Waals surface area (Å²) in [6.07, 6.45) is 4.97. The molecule has 2 N–H and O–H groups in total. The Bertz CT molecular complexity index is 1390. The zero-order chi connectivity index (χ0) is 22.6. The molecular formula is C24H19N7O2. The maximum absolute atomic E-state index is 13.1. The first-order valence-electron chi connectivity index (χ1n) is 10.2. The standard InChI is InChI=1S/C24H19N7O2/c1-16-7-5-6-10-19(16)21-20(15-31(29-21)18-8-3-2-4-9-18)23(32)27-28-24-26-22(30-33-24)17-11-13-25-14-12-17/h2-15H,1H3,(H,27,32)(H,26,28,30). The van der Waals surface area contributed by atoms with Gasteiger partial charge >= 0.3 is 6.01 Å². The molecule has 9 nitrogen and oxygen atoms in total. The number of carbonyl (C=O) groups is 1. The molecular weight excluding hydrogens is 418 g/mol. The van der Waals surface area contributed by atoms with Crippen molar-refractivity contribution in [2.24, 2.45) is 0 Å². The lowest BCUT2D eigenvalue weighted by atomic mass is 10.0. The number of aromatic nitrogens is 5. The molecule has 0 spiro atoms. The second-order valence-electron chi connectivity index (χ2n) is 7.22. The highest BCUT2D eigenvalue weighted by Gasteiger charge is 2.20. The van der Waals surface area contributed by atoms with Crippen LogP contribution in [0.15, 0.2) is 89.8 Å². The van der Waals surface area contributed by atoms with E-state index in [0.29, 0.717) is 17.1 Å². The fraction of sp³-hybridized carbons (Fsp3) is 0.0417. The molecule has 1 amide bonds. The number of hydrazine groups is 1. The number of para-hydroxylation sites is 1. The maximum atomic E-state index is 13.1. The summed E-state index contributed by atoms with van der Waals surface area (Å²) in [5, 5.41) is 8.62. The number of hydrogen-bond acceptors (Lipinski definition) is 7. The zero-order valence-electron chi connectivity index (χ0n) is 17.6. The minimum atomic E-state index is -0.390. The number of nitrogens with one attached hydrogen (secondary N) is 2. The van der Waals surface area contributed by atoms with Gasteiger partial charge in [-0.15, -0.1) is 0 Å². The largest absolute Gasteiger partial charge is 0.340 e. The summed E-state index contributed by atoms with van der Waals surface area (Å²) in [5.41, 5.74) is 9.75. The lowest BCUT2D eigenvalue weighted by molar-refractivity contribution is 0.0961. The van der Waals surface area contributed by atoms with Gasteiger partial charge in [0.05, 0.1) is 11.3 Å². The average Bonchev–Trinajstić information content (AvgIpc) is 3.52. The molecule has 0 saturated heterocycles. The van der Waals surface area contributed by atoms with E-state index >= 15 is 0 Å². The minimum Gasteiger partial charge on any atom is -0.313 e. The molecule has 9 heteroatoms. The summed E-state index contributed by atoms with van der Waals surface area (Å²) in [6, 6.07) is 21.0. The van der Waals surface area contributed by atoms with Crippen LogP contribution in [0.5, 0.6) is 0 Å². The predicted octanol–water partition coefficient (Wildman–Crippen LogP) is 4.05. The first kappa shape index (κ1) is 20.1. The van der Waals surface area contributed by atoms with Crippen molar-refractivity contribution in [3.63, 3.8) is 0 Å². The minimum absolute atomic E-state index is 0.0584. The Kier molecular flexibility index (Phi) is 5.34. The van der Waals surface area contributed by atoms with Gasteiger partial charge in [0.25, 0.3) is 5.91 Å². The number of hydrogen-bond donors (Lipinski definition) is 2. The van der Waals surface area contributed by atoms with E-state index in [9.17, 15) is 4.79 Å². The van der Waals surface area contributed by atoms with Gasteiger partial charge in [-0.3, -0.25) is 15.2 Å². The van der Waals surface area contributed by atoms with Gasteiger partial charge in [0.2, 0.25) is 5.82 Å². The second-order valence-corrected chi connectivity index (χ2v) is 7.22. The van der Waals surface area contributed by atoms with E-state index in [1.165, 1.54) is 0 Å². The highest BCUT2D eigenvalue weighted by atomic mass is 16.5. The van der Waals surface area contributed by atoms with Gasteiger partial charge in [-0.05, 0) is 36.8 Å². The van der Waals surface area contributed by atoms with Crippen molar-refractivity contribution in [1.82, 2.24) is 30.3 Å². The van der Waals surface area contributed by atoms with Crippen LogP contribution in [0.4, 0.5) is 6.01 Å². The Morgan fingerprint density at radius 2 is 1.73 bits per heavy atom. The number of rotatable bonds is 6. The van der Waals surface area contributed by atoms with Gasteiger partial charge < -0.3 is 4.52 Å². The van der Waals surface area contributed by atoms with Crippen LogP contribution in [0, 0.1) is 6.92 Å². The molecule has 5 rings (SSSR count). The van der Waals surface area contributed by atoms with E-state index in [2.05, 4.69) is 26.0 Å². The molecule has 0 atom stereocenters. The summed E-state index contributed by atoms with van der Waals surface area (Å²) in [7, 11) is 0. The topological polar surface area (TPSA) is 111 Å². The normalized spacial score (nSPS) is 10.7. The van der Waals surface area contributed by atoms with Crippen molar-refractivity contribution < 1.29 is 9.32 Å². The van der Waals surface area contributed by atoms with Crippen molar-refractivity contribution in [1.29, 1.82) is 0 Å². The first-order valence-corrected chi connectivity index (χ1v) is 10.2. The van der Waals surface area contributed by atoms with Gasteiger partial charge in [-0.1, -0.05) is 47.6 Å². The summed E-state index contributed by atoms with van der Waals surface area (Å²) in [6.45, 7) is 1.98. The van der Waals surface area contributed by atoms with E-state index in [-0.39, 0.29) is 11.9 Å². The molecule has 5 aromatic rings. The van der Waals surface area contributed by atoms with Crippen LogP contribution >= 0.6 is 0 Å². The van der Waals surface area contributed by atoms with Crippen LogP contribution < -0.4 is 10.9 Å². The van der Waals surface area contributed by atoms with E-state index in [0.717, 1.165) is 22.4 Å². The molecule has 162 valence electrons. The summed E-state index contributed by atoms with van der Waals surface area (Å²) in [5.74, 6) is -0.00857. The second kappa shape index (κ2) is 8.75. The monoisotopic (exact) mass is 437 g/mol. The molecule has 0 aliphatic carbocycles. The molecule has 3 heterocycles. The lowest BCUT2D eigenvalue weighted by Crippen LogP contribution is -2.29. The molecule has 0 saturated carbocycles. The van der Waals surface area contributed by atoms with Crippen LogP contribution in [0.25, 0.3) is 28.3 Å². The molecule has 2 aromatic carbocycles. The van der Waals surface area contributed by atoms with Crippen LogP contribution in [0.1, 0.15) is 15.9 Å². The van der Waals surface area contributed by atoms with Crippen LogP contribution in [0.2, 0.25) is 0 Å². The third kappa shape index (κ3) is 4.19. The quantitative estimate of drug-likeness (QED) is 0.386. The fourth-order valence-corrected chi connectivity index (χ4v) is 3.36. The number of aryl methyl sites for hydroxylation is 1. The van der Waals surface area contributed by atoms with Gasteiger partial charge in [-0.25, -0.2) is 10.1 Å². The predicted molar refractivity (Wildman–Crippen MR) is 122 cm³/mol. The molecule has 33 heavy (non-hydrogen) atoms. The van der Waals surface area contributed by atoms with Crippen molar-refractivity contribution >= 4 is 11.9 Å². The van der Waals surface area contributed by atoms with Crippen molar-refractivity contribution in [2.75, 3.05) is 5.43 Å². The highest BCUT2D eigenvalue weighted by molar-refractivity contribution is 6.00. The molecule has 3 aromatic heterocycles. The molecule has 0 fully saturated rings. The maximum Gasteiger partial charge on any atom is 0.340 e.